The topological polar surface area (TPSA) is 27.1 Å². The lowest BCUT2D eigenvalue weighted by molar-refractivity contribution is 0.0613. The highest BCUT2D eigenvalue weighted by molar-refractivity contribution is 6.30. The van der Waals surface area contributed by atoms with E-state index in [1.807, 2.05) is 65.4 Å². The summed E-state index contributed by atoms with van der Waals surface area (Å²) in [4.78, 5) is 4.09. The van der Waals surface area contributed by atoms with Crippen LogP contribution in [0.3, 0.4) is 0 Å². The molecule has 0 saturated carbocycles. The van der Waals surface area contributed by atoms with Gasteiger partial charge in [-0.05, 0) is 35.4 Å². The molecule has 25 heavy (non-hydrogen) atoms. The Morgan fingerprint density at radius 1 is 1.00 bits per heavy atom. The van der Waals surface area contributed by atoms with Crippen molar-refractivity contribution in [2.24, 2.45) is 0 Å². The first-order chi connectivity index (χ1) is 12.2. The van der Waals surface area contributed by atoms with Crippen LogP contribution in [0.1, 0.15) is 11.1 Å². The first-order valence-corrected chi connectivity index (χ1v) is 8.70. The largest absolute Gasteiger partial charge is 0.368 e. The maximum Gasteiger partial charge on any atom is 0.0946 e. The third-order valence-electron chi connectivity index (χ3n) is 3.70. The van der Waals surface area contributed by atoms with Crippen molar-refractivity contribution in [1.29, 1.82) is 0 Å². The highest BCUT2D eigenvalue weighted by Crippen LogP contribution is 2.14. The van der Waals surface area contributed by atoms with Gasteiger partial charge in [0.25, 0.3) is 0 Å². The summed E-state index contributed by atoms with van der Waals surface area (Å²) in [6.45, 7) is 1.21. The van der Waals surface area contributed by atoms with Crippen molar-refractivity contribution >= 4 is 29.3 Å². The number of imidazole rings is 1. The predicted octanol–water partition coefficient (Wildman–Crippen LogP) is 5.49. The van der Waals surface area contributed by atoms with Gasteiger partial charge in [0.2, 0.25) is 0 Å². The molecule has 1 heterocycles. The first kappa shape index (κ1) is 17.7. The van der Waals surface area contributed by atoms with E-state index in [2.05, 4.69) is 11.1 Å². The number of ether oxygens (including phenoxy) is 1. The molecule has 0 amide bonds. The lowest BCUT2D eigenvalue weighted by Crippen LogP contribution is -2.17. The Morgan fingerprint density at radius 2 is 1.68 bits per heavy atom. The first-order valence-electron chi connectivity index (χ1n) is 7.94. The van der Waals surface area contributed by atoms with Gasteiger partial charge in [0.15, 0.2) is 0 Å². The number of rotatable bonds is 7. The molecule has 0 fully saturated rings. The molecule has 3 rings (SSSR count). The van der Waals surface area contributed by atoms with Crippen LogP contribution in [0, 0.1) is 0 Å². The Morgan fingerprint density at radius 3 is 2.32 bits per heavy atom. The van der Waals surface area contributed by atoms with E-state index in [-0.39, 0.29) is 6.10 Å². The molecule has 2 aromatic carbocycles. The van der Waals surface area contributed by atoms with Gasteiger partial charge in [-0.3, -0.25) is 0 Å². The minimum atomic E-state index is -0.0828. The fourth-order valence-electron chi connectivity index (χ4n) is 2.35. The molecule has 0 saturated heterocycles. The van der Waals surface area contributed by atoms with Crippen molar-refractivity contribution in [1.82, 2.24) is 9.55 Å². The number of halogens is 2. The zero-order valence-electron chi connectivity index (χ0n) is 13.6. The number of nitrogens with zero attached hydrogens (tertiary/aromatic N) is 2. The van der Waals surface area contributed by atoms with Gasteiger partial charge < -0.3 is 9.30 Å². The van der Waals surface area contributed by atoms with Crippen LogP contribution in [0.4, 0.5) is 0 Å². The van der Waals surface area contributed by atoms with Gasteiger partial charge in [-0.1, -0.05) is 59.6 Å². The van der Waals surface area contributed by atoms with E-state index in [0.717, 1.165) is 21.2 Å². The molecule has 3 nitrogen and oxygen atoms in total. The summed E-state index contributed by atoms with van der Waals surface area (Å²) < 4.78 is 8.08. The number of aromatic nitrogens is 2. The molecule has 1 aromatic heterocycles. The second-order valence-corrected chi connectivity index (χ2v) is 6.52. The Labute approximate surface area is 157 Å². The van der Waals surface area contributed by atoms with E-state index in [0.29, 0.717) is 13.2 Å². The van der Waals surface area contributed by atoms with Crippen LogP contribution in [0.25, 0.3) is 6.08 Å². The summed E-state index contributed by atoms with van der Waals surface area (Å²) >= 11 is 11.9. The van der Waals surface area contributed by atoms with Gasteiger partial charge in [0.1, 0.15) is 0 Å². The SMILES string of the molecule is Clc1ccc(C=CC(Cn2ccnc2)OCc2ccc(Cl)cc2)cc1. The molecule has 0 aliphatic carbocycles. The monoisotopic (exact) mass is 372 g/mol. The summed E-state index contributed by atoms with van der Waals surface area (Å²) in [6.07, 6.45) is 9.49. The number of benzene rings is 2. The molecular weight excluding hydrogens is 355 g/mol. The van der Waals surface area contributed by atoms with Gasteiger partial charge in [-0.2, -0.15) is 0 Å². The Hall–Kier alpha value is -2.07. The lowest BCUT2D eigenvalue weighted by Gasteiger charge is -2.15. The fourth-order valence-corrected chi connectivity index (χ4v) is 2.60. The summed E-state index contributed by atoms with van der Waals surface area (Å²) in [6, 6.07) is 15.4. The Kier molecular flexibility index (Phi) is 6.29. The van der Waals surface area contributed by atoms with E-state index < -0.39 is 0 Å². The standard InChI is InChI=1S/C20H18Cl2N2O/c21-18-6-1-16(2-7-18)5-10-20(13-24-12-11-23-15-24)25-14-17-3-8-19(22)9-4-17/h1-12,15,20H,13-14H2. The molecule has 0 spiro atoms. The second kappa shape index (κ2) is 8.86. The van der Waals surface area contributed by atoms with Crippen molar-refractivity contribution < 1.29 is 4.74 Å². The maximum absolute atomic E-state index is 6.08. The zero-order chi connectivity index (χ0) is 17.5. The summed E-state index contributed by atoms with van der Waals surface area (Å²) in [7, 11) is 0. The van der Waals surface area contributed by atoms with Crippen molar-refractivity contribution in [2.45, 2.75) is 19.3 Å². The third-order valence-corrected chi connectivity index (χ3v) is 4.20. The van der Waals surface area contributed by atoms with Crippen LogP contribution < -0.4 is 0 Å². The van der Waals surface area contributed by atoms with Crippen LogP contribution in [0.2, 0.25) is 10.0 Å². The highest BCUT2D eigenvalue weighted by atomic mass is 35.5. The van der Waals surface area contributed by atoms with E-state index >= 15 is 0 Å². The molecule has 1 unspecified atom stereocenters. The van der Waals surface area contributed by atoms with Gasteiger partial charge in [0, 0.05) is 22.4 Å². The third kappa shape index (κ3) is 5.75. The normalized spacial score (nSPS) is 12.6. The molecule has 1 atom stereocenters. The molecule has 0 aliphatic heterocycles. The Bertz CT molecular complexity index is 797. The van der Waals surface area contributed by atoms with Crippen molar-refractivity contribution in [3.63, 3.8) is 0 Å². The minimum Gasteiger partial charge on any atom is -0.368 e. The predicted molar refractivity (Wildman–Crippen MR) is 103 cm³/mol. The molecule has 0 aliphatic rings. The van der Waals surface area contributed by atoms with Crippen LogP contribution in [0.5, 0.6) is 0 Å². The van der Waals surface area contributed by atoms with Crippen molar-refractivity contribution in [3.05, 3.63) is 94.5 Å². The van der Waals surface area contributed by atoms with Crippen molar-refractivity contribution in [2.75, 3.05) is 0 Å². The maximum atomic E-state index is 6.08. The van der Waals surface area contributed by atoms with Crippen LogP contribution in [-0.4, -0.2) is 15.7 Å². The van der Waals surface area contributed by atoms with Gasteiger partial charge in [-0.15, -0.1) is 0 Å². The van der Waals surface area contributed by atoms with E-state index in [4.69, 9.17) is 27.9 Å². The molecule has 128 valence electrons. The molecule has 0 bridgehead atoms. The molecule has 3 aromatic rings. The van der Waals surface area contributed by atoms with E-state index in [1.165, 1.54) is 0 Å². The molecular formula is C20H18Cl2N2O. The van der Waals surface area contributed by atoms with Gasteiger partial charge in [0.05, 0.1) is 25.6 Å². The van der Waals surface area contributed by atoms with Crippen LogP contribution in [0.15, 0.2) is 73.3 Å². The quantitative estimate of drug-likeness (QED) is 0.548. The fraction of sp³-hybridized carbons (Fsp3) is 0.150. The van der Waals surface area contributed by atoms with Crippen LogP contribution >= 0.6 is 23.2 Å². The average Bonchev–Trinajstić information content (AvgIpc) is 3.13. The number of hydrogen-bond donors (Lipinski definition) is 0. The van der Waals surface area contributed by atoms with Gasteiger partial charge >= 0.3 is 0 Å². The van der Waals surface area contributed by atoms with Crippen molar-refractivity contribution in [3.8, 4) is 0 Å². The second-order valence-electron chi connectivity index (χ2n) is 5.65. The summed E-state index contributed by atoms with van der Waals surface area (Å²) in [5.41, 5.74) is 2.16. The highest BCUT2D eigenvalue weighted by Gasteiger charge is 2.07. The van der Waals surface area contributed by atoms with E-state index in [9.17, 15) is 0 Å². The van der Waals surface area contributed by atoms with Gasteiger partial charge in [-0.25, -0.2) is 4.98 Å². The zero-order valence-corrected chi connectivity index (χ0v) is 15.1. The average molecular weight is 373 g/mol. The van der Waals surface area contributed by atoms with Crippen LogP contribution in [-0.2, 0) is 17.9 Å². The molecule has 5 heteroatoms. The van der Waals surface area contributed by atoms with E-state index in [1.54, 1.807) is 12.5 Å². The lowest BCUT2D eigenvalue weighted by atomic mass is 10.2. The molecule has 0 radical (unpaired) electrons. The Balaban J connectivity index is 1.67. The smallest absolute Gasteiger partial charge is 0.0946 e. The summed E-state index contributed by atoms with van der Waals surface area (Å²) in [5, 5.41) is 1.45. The number of hydrogen-bond acceptors (Lipinski definition) is 2. The summed E-state index contributed by atoms with van der Waals surface area (Å²) in [5.74, 6) is 0. The minimum absolute atomic E-state index is 0.0828. The molecule has 0 N–H and O–H groups in total.